The summed E-state index contributed by atoms with van der Waals surface area (Å²) in [7, 11) is -3.53. The fourth-order valence-corrected chi connectivity index (χ4v) is 1.90. The molecule has 94 valence electrons. The first-order chi connectivity index (χ1) is 7.78. The lowest BCUT2D eigenvalue weighted by Gasteiger charge is -2.06. The first kappa shape index (κ1) is 13.7. The molecule has 0 saturated heterocycles. The molecule has 1 rings (SSSR count). The first-order valence-electron chi connectivity index (χ1n) is 5.15. The minimum Gasteiger partial charge on any atom is -0.351 e. The molecule has 17 heavy (non-hydrogen) atoms. The molecule has 0 radical (unpaired) electrons. The number of hydrogen-bond donors (Lipinski definition) is 2. The van der Waals surface area contributed by atoms with E-state index in [0.717, 1.165) is 11.1 Å². The molecule has 6 heteroatoms. The number of primary sulfonamides is 1. The van der Waals surface area contributed by atoms with Gasteiger partial charge in [0.05, 0.1) is 5.75 Å². The van der Waals surface area contributed by atoms with Crippen LogP contribution in [0, 0.1) is 13.8 Å². The maximum absolute atomic E-state index is 11.7. The van der Waals surface area contributed by atoms with E-state index in [1.54, 1.807) is 12.1 Å². The summed E-state index contributed by atoms with van der Waals surface area (Å²) in [5.41, 5.74) is 2.50. The van der Waals surface area contributed by atoms with Crippen molar-refractivity contribution in [3.8, 4) is 0 Å². The van der Waals surface area contributed by atoms with Crippen LogP contribution in [-0.4, -0.2) is 26.6 Å². The van der Waals surface area contributed by atoms with Gasteiger partial charge < -0.3 is 5.32 Å². The van der Waals surface area contributed by atoms with Crippen LogP contribution in [0.5, 0.6) is 0 Å². The average Bonchev–Trinajstić information content (AvgIpc) is 2.13. The lowest BCUT2D eigenvalue weighted by Crippen LogP contribution is -2.31. The quantitative estimate of drug-likeness (QED) is 0.813. The van der Waals surface area contributed by atoms with Crippen LogP contribution >= 0.6 is 0 Å². The van der Waals surface area contributed by atoms with Crippen LogP contribution in [0.1, 0.15) is 21.5 Å². The van der Waals surface area contributed by atoms with E-state index in [2.05, 4.69) is 5.32 Å². The lowest BCUT2D eigenvalue weighted by molar-refractivity contribution is 0.0956. The number of rotatable bonds is 4. The Balaban J connectivity index is 2.64. The van der Waals surface area contributed by atoms with Crippen LogP contribution < -0.4 is 10.5 Å². The largest absolute Gasteiger partial charge is 0.351 e. The Morgan fingerprint density at radius 2 is 1.76 bits per heavy atom. The van der Waals surface area contributed by atoms with Gasteiger partial charge >= 0.3 is 0 Å². The third kappa shape index (κ3) is 4.97. The summed E-state index contributed by atoms with van der Waals surface area (Å²) in [6.45, 7) is 3.81. The van der Waals surface area contributed by atoms with E-state index in [9.17, 15) is 13.2 Å². The number of sulfonamides is 1. The summed E-state index contributed by atoms with van der Waals surface area (Å²) in [6.07, 6.45) is 0. The number of amides is 1. The monoisotopic (exact) mass is 256 g/mol. The zero-order valence-corrected chi connectivity index (χ0v) is 10.7. The number of aryl methyl sites for hydroxylation is 2. The molecule has 0 saturated carbocycles. The molecule has 0 unspecified atom stereocenters. The van der Waals surface area contributed by atoms with Crippen LogP contribution in [0.2, 0.25) is 0 Å². The predicted molar refractivity (Wildman–Crippen MR) is 66.2 cm³/mol. The lowest BCUT2D eigenvalue weighted by atomic mass is 10.1. The van der Waals surface area contributed by atoms with Crippen molar-refractivity contribution in [1.82, 2.24) is 5.32 Å². The number of carbonyl (C=O) groups excluding carboxylic acids is 1. The van der Waals surface area contributed by atoms with E-state index >= 15 is 0 Å². The van der Waals surface area contributed by atoms with Gasteiger partial charge in [-0.2, -0.15) is 0 Å². The molecular weight excluding hydrogens is 240 g/mol. The molecule has 0 bridgehead atoms. The van der Waals surface area contributed by atoms with Crippen molar-refractivity contribution in [1.29, 1.82) is 0 Å². The topological polar surface area (TPSA) is 89.3 Å². The van der Waals surface area contributed by atoms with Gasteiger partial charge in [-0.15, -0.1) is 0 Å². The van der Waals surface area contributed by atoms with Crippen molar-refractivity contribution in [3.63, 3.8) is 0 Å². The standard InChI is InChI=1S/C11H16N2O3S/c1-8-5-9(2)7-10(6-8)11(14)13-3-4-17(12,15)16/h5-7H,3-4H2,1-2H3,(H,13,14)(H2,12,15,16). The maximum atomic E-state index is 11.7. The van der Waals surface area contributed by atoms with Gasteiger partial charge in [-0.05, 0) is 26.0 Å². The first-order valence-corrected chi connectivity index (χ1v) is 6.86. The molecular formula is C11H16N2O3S. The van der Waals surface area contributed by atoms with Gasteiger partial charge in [0.15, 0.2) is 0 Å². The van der Waals surface area contributed by atoms with E-state index < -0.39 is 10.0 Å². The highest BCUT2D eigenvalue weighted by atomic mass is 32.2. The highest BCUT2D eigenvalue weighted by Crippen LogP contribution is 2.08. The van der Waals surface area contributed by atoms with Crippen molar-refractivity contribution >= 4 is 15.9 Å². The van der Waals surface area contributed by atoms with Gasteiger partial charge in [-0.1, -0.05) is 17.2 Å². The van der Waals surface area contributed by atoms with E-state index in [1.165, 1.54) is 0 Å². The Hall–Kier alpha value is -1.40. The Kier molecular flexibility index (Phi) is 4.25. The van der Waals surface area contributed by atoms with Crippen molar-refractivity contribution in [2.75, 3.05) is 12.3 Å². The third-order valence-electron chi connectivity index (χ3n) is 2.16. The van der Waals surface area contributed by atoms with Crippen LogP contribution in [-0.2, 0) is 10.0 Å². The highest BCUT2D eigenvalue weighted by Gasteiger charge is 2.08. The molecule has 0 atom stereocenters. The third-order valence-corrected chi connectivity index (χ3v) is 2.93. The van der Waals surface area contributed by atoms with Crippen molar-refractivity contribution in [2.24, 2.45) is 5.14 Å². The second kappa shape index (κ2) is 5.29. The van der Waals surface area contributed by atoms with Crippen molar-refractivity contribution in [2.45, 2.75) is 13.8 Å². The molecule has 5 nitrogen and oxygen atoms in total. The summed E-state index contributed by atoms with van der Waals surface area (Å²) in [5, 5.41) is 7.34. The number of benzene rings is 1. The Bertz CT molecular complexity index is 503. The maximum Gasteiger partial charge on any atom is 0.251 e. The molecule has 1 aromatic rings. The minimum absolute atomic E-state index is 0.0185. The summed E-state index contributed by atoms with van der Waals surface area (Å²) in [6, 6.07) is 5.46. The van der Waals surface area contributed by atoms with Gasteiger partial charge in [0.1, 0.15) is 0 Å². The molecule has 0 aliphatic heterocycles. The van der Waals surface area contributed by atoms with Gasteiger partial charge in [0.25, 0.3) is 5.91 Å². The van der Waals surface area contributed by atoms with Gasteiger partial charge in [-0.25, -0.2) is 13.6 Å². The van der Waals surface area contributed by atoms with Gasteiger partial charge in [0.2, 0.25) is 10.0 Å². The van der Waals surface area contributed by atoms with Crippen LogP contribution in [0.4, 0.5) is 0 Å². The molecule has 0 aromatic heterocycles. The fourth-order valence-electron chi connectivity index (χ4n) is 1.51. The Morgan fingerprint density at radius 1 is 1.24 bits per heavy atom. The van der Waals surface area contributed by atoms with Crippen LogP contribution in [0.25, 0.3) is 0 Å². The second-order valence-electron chi connectivity index (χ2n) is 4.00. The van der Waals surface area contributed by atoms with Crippen molar-refractivity contribution < 1.29 is 13.2 Å². The van der Waals surface area contributed by atoms with E-state index in [4.69, 9.17) is 5.14 Å². The number of nitrogens with two attached hydrogens (primary N) is 1. The smallest absolute Gasteiger partial charge is 0.251 e. The van der Waals surface area contributed by atoms with Gasteiger partial charge in [-0.3, -0.25) is 4.79 Å². The molecule has 0 aliphatic carbocycles. The zero-order valence-electron chi connectivity index (χ0n) is 9.86. The van der Waals surface area contributed by atoms with Crippen LogP contribution in [0.15, 0.2) is 18.2 Å². The predicted octanol–water partition coefficient (Wildman–Crippen LogP) is 0.322. The number of carbonyl (C=O) groups is 1. The summed E-state index contributed by atoms with van der Waals surface area (Å²) >= 11 is 0. The molecule has 0 aliphatic rings. The van der Waals surface area contributed by atoms with E-state index in [1.807, 2.05) is 19.9 Å². The zero-order chi connectivity index (χ0) is 13.1. The second-order valence-corrected chi connectivity index (χ2v) is 5.73. The Morgan fingerprint density at radius 3 is 2.24 bits per heavy atom. The van der Waals surface area contributed by atoms with E-state index in [0.29, 0.717) is 5.56 Å². The molecule has 3 N–H and O–H groups in total. The molecule has 0 spiro atoms. The average molecular weight is 256 g/mol. The molecule has 1 aromatic carbocycles. The summed E-state index contributed by atoms with van der Waals surface area (Å²) in [5.74, 6) is -0.552. The Labute approximate surface area is 101 Å². The number of hydrogen-bond acceptors (Lipinski definition) is 3. The molecule has 0 heterocycles. The molecule has 1 amide bonds. The summed E-state index contributed by atoms with van der Waals surface area (Å²) in [4.78, 5) is 11.7. The number of nitrogens with one attached hydrogen (secondary N) is 1. The van der Waals surface area contributed by atoms with Crippen molar-refractivity contribution in [3.05, 3.63) is 34.9 Å². The fraction of sp³-hybridized carbons (Fsp3) is 0.364. The normalized spacial score (nSPS) is 11.2. The molecule has 0 fully saturated rings. The highest BCUT2D eigenvalue weighted by molar-refractivity contribution is 7.89. The van der Waals surface area contributed by atoms with E-state index in [-0.39, 0.29) is 18.2 Å². The SMILES string of the molecule is Cc1cc(C)cc(C(=O)NCCS(N)(=O)=O)c1. The summed E-state index contributed by atoms with van der Waals surface area (Å²) < 4.78 is 21.4. The van der Waals surface area contributed by atoms with Gasteiger partial charge in [0, 0.05) is 12.1 Å². The minimum atomic E-state index is -3.53. The van der Waals surface area contributed by atoms with Crippen LogP contribution in [0.3, 0.4) is 0 Å².